The molecule has 6 nitrogen and oxygen atoms in total. The third kappa shape index (κ3) is 3.34. The summed E-state index contributed by atoms with van der Waals surface area (Å²) in [4.78, 5) is 35.6. The van der Waals surface area contributed by atoms with Crippen LogP contribution in [-0.2, 0) is 9.59 Å². The summed E-state index contributed by atoms with van der Waals surface area (Å²) < 4.78 is 5.34. The molecule has 106 valence electrons. The van der Waals surface area contributed by atoms with Gasteiger partial charge in [-0.3, -0.25) is 14.4 Å². The van der Waals surface area contributed by atoms with Gasteiger partial charge in [-0.15, -0.1) is 0 Å². The summed E-state index contributed by atoms with van der Waals surface area (Å²) in [6.45, 7) is 1.98. The Morgan fingerprint density at radius 2 is 2.00 bits per heavy atom. The molecule has 0 radical (unpaired) electrons. The van der Waals surface area contributed by atoms with Crippen LogP contribution in [0.15, 0.2) is 24.3 Å². The largest absolute Gasteiger partial charge is 0.484 e. The third-order valence-electron chi connectivity index (χ3n) is 3.01. The van der Waals surface area contributed by atoms with Crippen LogP contribution in [0.1, 0.15) is 23.7 Å². The van der Waals surface area contributed by atoms with Crippen LogP contribution in [0.25, 0.3) is 0 Å². The van der Waals surface area contributed by atoms with Crippen LogP contribution < -0.4 is 10.1 Å². The molecule has 1 aromatic carbocycles. The number of ketones is 1. The quantitative estimate of drug-likeness (QED) is 0.798. The summed E-state index contributed by atoms with van der Waals surface area (Å²) in [6, 6.07) is 6.66. The van der Waals surface area contributed by atoms with Gasteiger partial charge < -0.3 is 15.0 Å². The Hall–Kier alpha value is -2.37. The van der Waals surface area contributed by atoms with Crippen LogP contribution in [0.3, 0.4) is 0 Å². The Labute approximate surface area is 116 Å². The molecule has 20 heavy (non-hydrogen) atoms. The Morgan fingerprint density at radius 3 is 2.55 bits per heavy atom. The van der Waals surface area contributed by atoms with E-state index < -0.39 is 0 Å². The second-order valence-electron chi connectivity index (χ2n) is 4.44. The summed E-state index contributed by atoms with van der Waals surface area (Å²) in [6.07, 6.45) is 0.453. The zero-order valence-electron chi connectivity index (χ0n) is 11.2. The highest BCUT2D eigenvalue weighted by atomic mass is 16.5. The van der Waals surface area contributed by atoms with Crippen LogP contribution in [0, 0.1) is 0 Å². The van der Waals surface area contributed by atoms with Crippen molar-refractivity contribution in [2.24, 2.45) is 0 Å². The molecule has 0 bridgehead atoms. The number of ether oxygens (including phenoxy) is 1. The van der Waals surface area contributed by atoms with Crippen molar-refractivity contribution in [3.05, 3.63) is 29.8 Å². The number of Topliss-reactive ketones (excluding diaryl/α,β-unsaturated/α-hetero) is 1. The lowest BCUT2D eigenvalue weighted by Gasteiger charge is -2.13. The lowest BCUT2D eigenvalue weighted by atomic mass is 10.1. The minimum absolute atomic E-state index is 0.0641. The molecule has 0 aliphatic carbocycles. The molecule has 1 heterocycles. The molecule has 2 amide bonds. The van der Waals surface area contributed by atoms with E-state index in [1.807, 2.05) is 0 Å². The topological polar surface area (TPSA) is 75.7 Å². The lowest BCUT2D eigenvalue weighted by Crippen LogP contribution is -2.33. The molecular formula is C14H16N2O4. The molecule has 1 aliphatic rings. The van der Waals surface area contributed by atoms with Crippen LogP contribution in [0.2, 0.25) is 0 Å². The van der Waals surface area contributed by atoms with Gasteiger partial charge in [0.05, 0.1) is 6.67 Å². The molecule has 0 spiro atoms. The van der Waals surface area contributed by atoms with Gasteiger partial charge in [0.25, 0.3) is 5.91 Å². The second kappa shape index (κ2) is 6.18. The van der Waals surface area contributed by atoms with Gasteiger partial charge in [0, 0.05) is 12.0 Å². The van der Waals surface area contributed by atoms with E-state index in [1.165, 1.54) is 4.90 Å². The fourth-order valence-corrected chi connectivity index (χ4v) is 1.82. The highest BCUT2D eigenvalue weighted by molar-refractivity contribution is 5.95. The first-order valence-corrected chi connectivity index (χ1v) is 6.40. The van der Waals surface area contributed by atoms with Crippen molar-refractivity contribution < 1.29 is 19.1 Å². The zero-order valence-corrected chi connectivity index (χ0v) is 11.2. The molecular weight excluding hydrogens is 260 g/mol. The average molecular weight is 276 g/mol. The maximum atomic E-state index is 11.7. The van der Waals surface area contributed by atoms with Crippen molar-refractivity contribution in [3.8, 4) is 5.75 Å². The summed E-state index contributed by atoms with van der Waals surface area (Å²) >= 11 is 0. The Morgan fingerprint density at radius 1 is 1.30 bits per heavy atom. The maximum Gasteiger partial charge on any atom is 0.262 e. The van der Waals surface area contributed by atoms with Crippen molar-refractivity contribution in [1.29, 1.82) is 0 Å². The van der Waals surface area contributed by atoms with Gasteiger partial charge in [-0.2, -0.15) is 0 Å². The molecule has 1 saturated heterocycles. The standard InChI is InChI=1S/C14H16N2O4/c1-2-12(17)10-3-5-11(6-4-10)20-8-14(19)16-7-13(18)15-9-16/h3-6H,2,7-9H2,1H3,(H,15,18). The molecule has 0 unspecified atom stereocenters. The number of amides is 2. The third-order valence-corrected chi connectivity index (χ3v) is 3.01. The van der Waals surface area contributed by atoms with Gasteiger partial charge in [0.15, 0.2) is 12.4 Å². The summed E-state index contributed by atoms with van der Waals surface area (Å²) in [5.41, 5.74) is 0.625. The Balaban J connectivity index is 1.86. The van der Waals surface area contributed by atoms with Gasteiger partial charge in [0.2, 0.25) is 5.91 Å². The molecule has 0 saturated carbocycles. The van der Waals surface area contributed by atoms with Crippen LogP contribution >= 0.6 is 0 Å². The van der Waals surface area contributed by atoms with Gasteiger partial charge in [-0.1, -0.05) is 6.92 Å². The molecule has 0 aromatic heterocycles. The van der Waals surface area contributed by atoms with Crippen molar-refractivity contribution in [2.45, 2.75) is 13.3 Å². The fraction of sp³-hybridized carbons (Fsp3) is 0.357. The number of benzene rings is 1. The SMILES string of the molecule is CCC(=O)c1ccc(OCC(=O)N2CNC(=O)C2)cc1. The van der Waals surface area contributed by atoms with Gasteiger partial charge in [-0.25, -0.2) is 0 Å². The predicted molar refractivity (Wildman–Crippen MR) is 71.3 cm³/mol. The second-order valence-corrected chi connectivity index (χ2v) is 4.44. The predicted octanol–water partition coefficient (Wildman–Crippen LogP) is 0.574. The van der Waals surface area contributed by atoms with Gasteiger partial charge in [0.1, 0.15) is 12.3 Å². The Bertz CT molecular complexity index is 524. The van der Waals surface area contributed by atoms with Gasteiger partial charge >= 0.3 is 0 Å². The van der Waals surface area contributed by atoms with E-state index in [-0.39, 0.29) is 37.4 Å². The minimum atomic E-state index is -0.253. The van der Waals surface area contributed by atoms with Crippen LogP contribution in [0.5, 0.6) is 5.75 Å². The van der Waals surface area contributed by atoms with Crippen LogP contribution in [-0.4, -0.2) is 42.3 Å². The average Bonchev–Trinajstić information content (AvgIpc) is 2.91. The number of carbonyl (C=O) groups excluding carboxylic acids is 3. The van der Waals surface area contributed by atoms with Crippen molar-refractivity contribution in [1.82, 2.24) is 10.2 Å². The maximum absolute atomic E-state index is 11.7. The normalized spacial score (nSPS) is 14.1. The minimum Gasteiger partial charge on any atom is -0.484 e. The van der Waals surface area contributed by atoms with Crippen molar-refractivity contribution in [2.75, 3.05) is 19.8 Å². The van der Waals surface area contributed by atoms with E-state index in [4.69, 9.17) is 4.74 Å². The molecule has 0 atom stereocenters. The number of rotatable bonds is 5. The number of carbonyl (C=O) groups is 3. The summed E-state index contributed by atoms with van der Waals surface area (Å²) in [5, 5.41) is 2.55. The highest BCUT2D eigenvalue weighted by Gasteiger charge is 2.23. The lowest BCUT2D eigenvalue weighted by molar-refractivity contribution is -0.133. The highest BCUT2D eigenvalue weighted by Crippen LogP contribution is 2.13. The number of nitrogens with zero attached hydrogens (tertiary/aromatic N) is 1. The zero-order chi connectivity index (χ0) is 14.5. The fourth-order valence-electron chi connectivity index (χ4n) is 1.82. The molecule has 6 heteroatoms. The van der Waals surface area contributed by atoms with E-state index in [0.717, 1.165) is 0 Å². The summed E-state index contributed by atoms with van der Waals surface area (Å²) in [7, 11) is 0. The van der Waals surface area contributed by atoms with Crippen molar-refractivity contribution in [3.63, 3.8) is 0 Å². The van der Waals surface area contributed by atoms with E-state index in [0.29, 0.717) is 17.7 Å². The van der Waals surface area contributed by atoms with Crippen molar-refractivity contribution >= 4 is 17.6 Å². The summed E-state index contributed by atoms with van der Waals surface area (Å²) in [5.74, 6) is 0.164. The monoisotopic (exact) mass is 276 g/mol. The first-order chi connectivity index (χ1) is 9.60. The Kier molecular flexibility index (Phi) is 4.34. The van der Waals surface area contributed by atoms with E-state index in [2.05, 4.69) is 5.32 Å². The van der Waals surface area contributed by atoms with E-state index in [1.54, 1.807) is 31.2 Å². The van der Waals surface area contributed by atoms with Gasteiger partial charge in [-0.05, 0) is 24.3 Å². The molecule has 1 fully saturated rings. The molecule has 1 N–H and O–H groups in total. The first-order valence-electron chi connectivity index (χ1n) is 6.40. The smallest absolute Gasteiger partial charge is 0.262 e. The molecule has 2 rings (SSSR count). The molecule has 1 aromatic rings. The number of hydrogen-bond acceptors (Lipinski definition) is 4. The van der Waals surface area contributed by atoms with E-state index >= 15 is 0 Å². The van der Waals surface area contributed by atoms with E-state index in [9.17, 15) is 14.4 Å². The number of nitrogens with one attached hydrogen (secondary N) is 1. The first kappa shape index (κ1) is 14.0. The van der Waals surface area contributed by atoms with Crippen LogP contribution in [0.4, 0.5) is 0 Å². The molecule has 1 aliphatic heterocycles. The number of hydrogen-bond donors (Lipinski definition) is 1.